The molecule has 272 valence electrons. The first kappa shape index (κ1) is 35.8. The van der Waals surface area contributed by atoms with Crippen molar-refractivity contribution in [2.24, 2.45) is 17.8 Å². The van der Waals surface area contributed by atoms with Crippen LogP contribution in [0.25, 0.3) is 0 Å². The van der Waals surface area contributed by atoms with E-state index < -0.39 is 26.9 Å². The molecule has 2 saturated heterocycles. The van der Waals surface area contributed by atoms with Crippen LogP contribution >= 0.6 is 11.6 Å². The highest BCUT2D eigenvalue weighted by Crippen LogP contribution is 2.47. The summed E-state index contributed by atoms with van der Waals surface area (Å²) in [5.41, 5.74) is 2.18. The third-order valence-corrected chi connectivity index (χ3v) is 14.5. The molecule has 9 nitrogen and oxygen atoms in total. The van der Waals surface area contributed by atoms with E-state index in [1.807, 2.05) is 37.3 Å². The molecule has 0 spiro atoms. The molecule has 3 fully saturated rings. The molecule has 1 aliphatic carbocycles. The van der Waals surface area contributed by atoms with Gasteiger partial charge < -0.3 is 14.7 Å². The van der Waals surface area contributed by atoms with E-state index >= 15 is 0 Å². The van der Waals surface area contributed by atoms with Crippen molar-refractivity contribution in [3.05, 3.63) is 70.3 Å². The van der Waals surface area contributed by atoms with Crippen LogP contribution < -0.4 is 14.4 Å². The zero-order chi connectivity index (χ0) is 35.0. The third kappa shape index (κ3) is 7.33. The zero-order valence-electron chi connectivity index (χ0n) is 29.5. The predicted octanol–water partition coefficient (Wildman–Crippen LogP) is 5.99. The van der Waals surface area contributed by atoms with Crippen molar-refractivity contribution in [2.45, 2.75) is 95.3 Å². The monoisotopic (exact) mass is 724 g/mol. The molecule has 11 heteroatoms. The van der Waals surface area contributed by atoms with E-state index in [1.165, 1.54) is 18.4 Å². The van der Waals surface area contributed by atoms with Crippen LogP contribution in [0.3, 0.4) is 0 Å². The fraction of sp³-hybridized carbons (Fsp3) is 0.615. The number of aryl methyl sites for hydroxylation is 1. The van der Waals surface area contributed by atoms with Crippen molar-refractivity contribution in [3.8, 4) is 5.75 Å². The molecular formula is C39H53ClN4O5S. The molecule has 2 aromatic rings. The van der Waals surface area contributed by atoms with Crippen LogP contribution in [0.15, 0.2) is 48.6 Å². The Kier molecular flexibility index (Phi) is 10.6. The Bertz CT molecular complexity index is 1700. The molecule has 2 aromatic carbocycles. The van der Waals surface area contributed by atoms with Gasteiger partial charge in [-0.25, -0.2) is 13.1 Å². The summed E-state index contributed by atoms with van der Waals surface area (Å²) >= 11 is 6.39. The number of piperidine rings is 1. The molecule has 0 radical (unpaired) electrons. The molecule has 0 aromatic heterocycles. The summed E-state index contributed by atoms with van der Waals surface area (Å²) in [6.45, 7) is 9.09. The second-order valence-electron chi connectivity index (χ2n) is 15.4. The Morgan fingerprint density at radius 3 is 2.60 bits per heavy atom. The number of rotatable bonds is 1. The molecule has 6 atom stereocenters. The fourth-order valence-electron chi connectivity index (χ4n) is 8.89. The Hall–Kier alpha value is -2.63. The van der Waals surface area contributed by atoms with E-state index in [2.05, 4.69) is 19.4 Å². The van der Waals surface area contributed by atoms with Gasteiger partial charge in [0.1, 0.15) is 18.1 Å². The van der Waals surface area contributed by atoms with E-state index in [4.69, 9.17) is 16.3 Å². The number of sulfonamides is 1. The number of allylic oxidation sites excluding steroid dienone is 1. The minimum absolute atomic E-state index is 0.0266. The van der Waals surface area contributed by atoms with Crippen molar-refractivity contribution in [1.29, 1.82) is 0 Å². The number of nitrogens with one attached hydrogen (secondary N) is 1. The van der Waals surface area contributed by atoms with Crippen molar-refractivity contribution < 1.29 is 23.1 Å². The predicted molar refractivity (Wildman–Crippen MR) is 198 cm³/mol. The Balaban J connectivity index is 1.26. The van der Waals surface area contributed by atoms with Crippen LogP contribution in [-0.2, 0) is 23.1 Å². The smallest absolute Gasteiger partial charge is 0.264 e. The van der Waals surface area contributed by atoms with Crippen molar-refractivity contribution in [1.82, 2.24) is 14.5 Å². The van der Waals surface area contributed by atoms with Crippen LogP contribution in [0.4, 0.5) is 5.69 Å². The lowest BCUT2D eigenvalue weighted by atomic mass is 9.66. The van der Waals surface area contributed by atoms with Gasteiger partial charge in [0.2, 0.25) is 10.0 Å². The Morgan fingerprint density at radius 1 is 0.940 bits per heavy atom. The first-order chi connectivity index (χ1) is 24.0. The van der Waals surface area contributed by atoms with Gasteiger partial charge in [-0.1, -0.05) is 37.1 Å². The van der Waals surface area contributed by atoms with Gasteiger partial charge >= 0.3 is 0 Å². The number of anilines is 1. The SMILES string of the molecule is C[C@@H]1[C@@H](C)C/C=C/[C@](O)(N2CCN3CCCC[C@@H]3C2)[C@@H]2CC[C@H]2CN2CCCCc3cc(Cl)ccc3COc3ccc(cc32)C(=O)NS1(=O)=O. The average Bonchev–Trinajstić information content (AvgIpc) is 3.12. The number of halogens is 1. The fourth-order valence-corrected chi connectivity index (χ4v) is 10.4. The van der Waals surface area contributed by atoms with Gasteiger partial charge in [-0.15, -0.1) is 0 Å². The number of benzene rings is 2. The largest absolute Gasteiger partial charge is 0.487 e. The van der Waals surface area contributed by atoms with Gasteiger partial charge in [0.25, 0.3) is 5.91 Å². The number of hydrogen-bond acceptors (Lipinski definition) is 8. The number of aliphatic hydroxyl groups is 1. The molecular weight excluding hydrogens is 672 g/mol. The highest BCUT2D eigenvalue weighted by molar-refractivity contribution is 7.90. The number of carbonyl (C=O) groups excluding carboxylic acids is 1. The summed E-state index contributed by atoms with van der Waals surface area (Å²) in [4.78, 5) is 20.8. The first-order valence-electron chi connectivity index (χ1n) is 18.8. The average molecular weight is 725 g/mol. The maximum absolute atomic E-state index is 13.6. The number of piperazine rings is 1. The first-order valence-corrected chi connectivity index (χ1v) is 20.7. The molecule has 2 bridgehead atoms. The molecule has 4 aliphatic heterocycles. The van der Waals surface area contributed by atoms with Crippen molar-refractivity contribution in [2.75, 3.05) is 44.2 Å². The molecule has 5 aliphatic rings. The number of amides is 1. The summed E-state index contributed by atoms with van der Waals surface area (Å²) in [6, 6.07) is 11.6. The number of fused-ring (bicyclic) bond motifs is 4. The maximum Gasteiger partial charge on any atom is 0.264 e. The Morgan fingerprint density at radius 2 is 1.78 bits per heavy atom. The van der Waals surface area contributed by atoms with Gasteiger partial charge in [-0.3, -0.25) is 14.6 Å². The number of hydrogen-bond donors (Lipinski definition) is 2. The molecule has 0 unspecified atom stereocenters. The molecule has 7 rings (SSSR count). The van der Waals surface area contributed by atoms with Crippen LogP contribution in [0.1, 0.15) is 86.7 Å². The molecule has 1 amide bonds. The normalized spacial score (nSPS) is 33.2. The van der Waals surface area contributed by atoms with Gasteiger partial charge in [0.05, 0.1) is 10.9 Å². The van der Waals surface area contributed by atoms with Gasteiger partial charge in [-0.2, -0.15) is 0 Å². The van der Waals surface area contributed by atoms with Crippen LogP contribution in [0.5, 0.6) is 5.75 Å². The quantitative estimate of drug-likeness (QED) is 0.346. The van der Waals surface area contributed by atoms with Crippen LogP contribution in [0, 0.1) is 17.8 Å². The minimum atomic E-state index is -3.97. The number of ether oxygens (including phenoxy) is 1. The summed E-state index contributed by atoms with van der Waals surface area (Å²) in [5, 5.41) is 12.8. The summed E-state index contributed by atoms with van der Waals surface area (Å²) in [7, 11) is -3.97. The highest BCUT2D eigenvalue weighted by Gasteiger charge is 2.50. The second-order valence-corrected chi connectivity index (χ2v) is 17.9. The Labute approximate surface area is 303 Å². The van der Waals surface area contributed by atoms with Gasteiger partial charge in [0, 0.05) is 55.3 Å². The second kappa shape index (κ2) is 14.8. The topological polar surface area (TPSA) is 102 Å². The van der Waals surface area contributed by atoms with E-state index in [-0.39, 0.29) is 23.3 Å². The van der Waals surface area contributed by atoms with Crippen molar-refractivity contribution >= 4 is 33.2 Å². The summed E-state index contributed by atoms with van der Waals surface area (Å²) in [5.74, 6) is -0.00442. The molecule has 50 heavy (non-hydrogen) atoms. The van der Waals surface area contributed by atoms with Crippen LogP contribution in [0.2, 0.25) is 5.02 Å². The summed E-state index contributed by atoms with van der Waals surface area (Å²) in [6.07, 6.45) is 12.8. The zero-order valence-corrected chi connectivity index (χ0v) is 31.1. The van der Waals surface area contributed by atoms with Gasteiger partial charge in [-0.05, 0) is 124 Å². The molecule has 1 saturated carbocycles. The van der Waals surface area contributed by atoms with E-state index in [1.54, 1.807) is 25.1 Å². The number of nitrogens with zero attached hydrogens (tertiary/aromatic N) is 3. The van der Waals surface area contributed by atoms with Crippen LogP contribution in [-0.4, -0.2) is 85.5 Å². The lowest BCUT2D eigenvalue weighted by Crippen LogP contribution is -2.66. The van der Waals surface area contributed by atoms with Crippen molar-refractivity contribution in [3.63, 3.8) is 0 Å². The van der Waals surface area contributed by atoms with E-state index in [9.17, 15) is 18.3 Å². The van der Waals surface area contributed by atoms with Gasteiger partial charge in [0.15, 0.2) is 0 Å². The lowest BCUT2D eigenvalue weighted by Gasteiger charge is -2.55. The highest BCUT2D eigenvalue weighted by atomic mass is 35.5. The number of carbonyl (C=O) groups is 1. The lowest BCUT2D eigenvalue weighted by molar-refractivity contribution is -0.171. The third-order valence-electron chi connectivity index (χ3n) is 12.4. The minimum Gasteiger partial charge on any atom is -0.487 e. The summed E-state index contributed by atoms with van der Waals surface area (Å²) < 4.78 is 35.9. The molecule has 4 heterocycles. The maximum atomic E-state index is 13.6. The van der Waals surface area contributed by atoms with E-state index in [0.717, 1.165) is 82.5 Å². The standard InChI is InChI=1S/C39H53ClN4O5S/c1-27-8-7-17-39(46,44-21-20-42-18-6-4-10-34(42)25-44)35-15-12-31(35)24-43-19-5-3-9-29-22-33(40)14-11-32(29)26-49-37-16-13-30(23-36(37)43)38(45)41-50(47,48)28(27)2/h7,11,13-14,16-17,22-23,27-28,31,34-35,46H,3-6,8-10,12,15,18-21,24-26H2,1-2H3,(H,41,45)/b17-7+/t27-,28+,31-,34+,35+,39+/m0/s1. The molecule has 2 N–H and O–H groups in total. The van der Waals surface area contributed by atoms with E-state index in [0.29, 0.717) is 36.4 Å².